The predicted octanol–water partition coefficient (Wildman–Crippen LogP) is 2.31. The SMILES string of the molecule is COc1ccc(C2CC(C)N(C(C)=O)O2)cc1. The van der Waals surface area contributed by atoms with E-state index in [1.54, 1.807) is 7.11 Å². The summed E-state index contributed by atoms with van der Waals surface area (Å²) in [6, 6.07) is 7.87. The summed E-state index contributed by atoms with van der Waals surface area (Å²) in [5, 5.41) is 1.45. The van der Waals surface area contributed by atoms with Gasteiger partial charge in [-0.2, -0.15) is 0 Å². The van der Waals surface area contributed by atoms with Gasteiger partial charge in [-0.15, -0.1) is 0 Å². The van der Waals surface area contributed by atoms with Crippen molar-refractivity contribution in [2.24, 2.45) is 0 Å². The summed E-state index contributed by atoms with van der Waals surface area (Å²) in [5.74, 6) is 0.775. The first-order valence-corrected chi connectivity index (χ1v) is 5.72. The lowest BCUT2D eigenvalue weighted by Gasteiger charge is -2.17. The quantitative estimate of drug-likeness (QED) is 0.789. The maximum atomic E-state index is 11.3. The molecule has 0 radical (unpaired) electrons. The van der Waals surface area contributed by atoms with Crippen molar-refractivity contribution in [3.8, 4) is 5.75 Å². The molecule has 0 aliphatic carbocycles. The summed E-state index contributed by atoms with van der Waals surface area (Å²) in [4.78, 5) is 17.0. The molecule has 0 bridgehead atoms. The topological polar surface area (TPSA) is 38.8 Å². The number of nitrogens with zero attached hydrogens (tertiary/aromatic N) is 1. The van der Waals surface area contributed by atoms with E-state index in [1.165, 1.54) is 12.0 Å². The number of hydroxylamine groups is 2. The fourth-order valence-electron chi connectivity index (χ4n) is 2.09. The molecule has 1 aliphatic rings. The molecule has 1 aliphatic heterocycles. The van der Waals surface area contributed by atoms with E-state index in [1.807, 2.05) is 31.2 Å². The first kappa shape index (κ1) is 11.9. The first-order valence-electron chi connectivity index (χ1n) is 5.72. The minimum Gasteiger partial charge on any atom is -0.497 e. The normalized spacial score (nSPS) is 23.8. The van der Waals surface area contributed by atoms with Gasteiger partial charge in [-0.3, -0.25) is 9.63 Å². The molecule has 2 atom stereocenters. The number of amides is 1. The lowest BCUT2D eigenvalue weighted by molar-refractivity contribution is -0.185. The molecular formula is C13H17NO3. The Kier molecular flexibility index (Phi) is 3.33. The summed E-state index contributed by atoms with van der Waals surface area (Å²) in [6.07, 6.45) is 0.783. The molecule has 1 aromatic carbocycles. The molecule has 2 rings (SSSR count). The lowest BCUT2D eigenvalue weighted by atomic mass is 10.0. The summed E-state index contributed by atoms with van der Waals surface area (Å²) >= 11 is 0. The van der Waals surface area contributed by atoms with Crippen LogP contribution in [0, 0.1) is 0 Å². The number of rotatable bonds is 2. The second-order valence-electron chi connectivity index (χ2n) is 4.30. The van der Waals surface area contributed by atoms with Gasteiger partial charge in [0, 0.05) is 13.3 Å². The van der Waals surface area contributed by atoms with E-state index >= 15 is 0 Å². The number of carbonyl (C=O) groups excluding carboxylic acids is 1. The maximum Gasteiger partial charge on any atom is 0.243 e. The average Bonchev–Trinajstić information content (AvgIpc) is 2.71. The van der Waals surface area contributed by atoms with Gasteiger partial charge in [0.05, 0.1) is 13.2 Å². The minimum absolute atomic E-state index is 0.0418. The fraction of sp³-hybridized carbons (Fsp3) is 0.462. The van der Waals surface area contributed by atoms with E-state index in [9.17, 15) is 4.79 Å². The van der Waals surface area contributed by atoms with Crippen molar-refractivity contribution < 1.29 is 14.4 Å². The number of methoxy groups -OCH3 is 1. The van der Waals surface area contributed by atoms with Crippen molar-refractivity contribution in [2.45, 2.75) is 32.4 Å². The Morgan fingerprint density at radius 2 is 2.06 bits per heavy atom. The number of benzene rings is 1. The van der Waals surface area contributed by atoms with Gasteiger partial charge in [0.2, 0.25) is 5.91 Å². The molecule has 0 aromatic heterocycles. The Labute approximate surface area is 101 Å². The molecule has 92 valence electrons. The van der Waals surface area contributed by atoms with Gasteiger partial charge >= 0.3 is 0 Å². The van der Waals surface area contributed by atoms with Gasteiger partial charge in [0.1, 0.15) is 11.9 Å². The molecule has 1 saturated heterocycles. The number of carbonyl (C=O) groups is 1. The van der Waals surface area contributed by atoms with Gasteiger partial charge in [-0.25, -0.2) is 5.06 Å². The van der Waals surface area contributed by atoms with E-state index in [4.69, 9.17) is 9.57 Å². The third-order valence-corrected chi connectivity index (χ3v) is 2.99. The molecule has 1 amide bonds. The molecule has 0 saturated carbocycles. The first-order chi connectivity index (χ1) is 8.11. The third-order valence-electron chi connectivity index (χ3n) is 2.99. The molecule has 17 heavy (non-hydrogen) atoms. The van der Waals surface area contributed by atoms with Crippen molar-refractivity contribution >= 4 is 5.91 Å². The van der Waals surface area contributed by atoms with Crippen LogP contribution in [0.1, 0.15) is 31.9 Å². The highest BCUT2D eigenvalue weighted by Crippen LogP contribution is 2.33. The van der Waals surface area contributed by atoms with Crippen molar-refractivity contribution in [1.29, 1.82) is 0 Å². The summed E-state index contributed by atoms with van der Waals surface area (Å²) < 4.78 is 5.11. The van der Waals surface area contributed by atoms with E-state index < -0.39 is 0 Å². The van der Waals surface area contributed by atoms with Crippen LogP contribution in [-0.4, -0.2) is 24.1 Å². The molecule has 1 aromatic rings. The van der Waals surface area contributed by atoms with Crippen molar-refractivity contribution in [2.75, 3.05) is 7.11 Å². The summed E-state index contributed by atoms with van der Waals surface area (Å²) in [7, 11) is 1.64. The Morgan fingerprint density at radius 3 is 2.53 bits per heavy atom. The second kappa shape index (κ2) is 4.75. The Balaban J connectivity index is 2.11. The largest absolute Gasteiger partial charge is 0.497 e. The van der Waals surface area contributed by atoms with Gasteiger partial charge in [-0.1, -0.05) is 12.1 Å². The van der Waals surface area contributed by atoms with Crippen LogP contribution in [0.25, 0.3) is 0 Å². The lowest BCUT2D eigenvalue weighted by Crippen LogP contribution is -2.30. The Morgan fingerprint density at radius 1 is 1.41 bits per heavy atom. The average molecular weight is 235 g/mol. The Bertz CT molecular complexity index is 402. The number of hydrogen-bond acceptors (Lipinski definition) is 3. The highest BCUT2D eigenvalue weighted by molar-refractivity contribution is 5.72. The van der Waals surface area contributed by atoms with Crippen LogP contribution in [0.5, 0.6) is 5.75 Å². The van der Waals surface area contributed by atoms with Crippen LogP contribution in [-0.2, 0) is 9.63 Å². The minimum atomic E-state index is -0.0477. The summed E-state index contributed by atoms with van der Waals surface area (Å²) in [5.41, 5.74) is 1.07. The van der Waals surface area contributed by atoms with E-state index in [0.29, 0.717) is 0 Å². The van der Waals surface area contributed by atoms with E-state index in [-0.39, 0.29) is 18.1 Å². The maximum absolute atomic E-state index is 11.3. The highest BCUT2D eigenvalue weighted by Gasteiger charge is 2.33. The number of hydrogen-bond donors (Lipinski definition) is 0. The van der Waals surface area contributed by atoms with Gasteiger partial charge < -0.3 is 4.74 Å². The van der Waals surface area contributed by atoms with Crippen LogP contribution >= 0.6 is 0 Å². The van der Waals surface area contributed by atoms with Crippen LogP contribution in [0.4, 0.5) is 0 Å². The van der Waals surface area contributed by atoms with E-state index in [2.05, 4.69) is 0 Å². The van der Waals surface area contributed by atoms with Gasteiger partial charge in [0.15, 0.2) is 0 Å². The van der Waals surface area contributed by atoms with Crippen molar-refractivity contribution in [3.05, 3.63) is 29.8 Å². The second-order valence-corrected chi connectivity index (χ2v) is 4.30. The zero-order chi connectivity index (χ0) is 12.4. The fourth-order valence-corrected chi connectivity index (χ4v) is 2.09. The molecule has 4 nitrogen and oxygen atoms in total. The smallest absolute Gasteiger partial charge is 0.243 e. The molecule has 1 heterocycles. The standard InChI is InChI=1S/C13H17NO3/c1-9-8-13(17-14(9)10(2)15)11-4-6-12(16-3)7-5-11/h4-7,9,13H,8H2,1-3H3. The molecule has 0 N–H and O–H groups in total. The van der Waals surface area contributed by atoms with Crippen LogP contribution < -0.4 is 4.74 Å². The van der Waals surface area contributed by atoms with Gasteiger partial charge in [0.25, 0.3) is 0 Å². The molecule has 0 spiro atoms. The molecular weight excluding hydrogens is 218 g/mol. The zero-order valence-electron chi connectivity index (χ0n) is 10.3. The molecule has 1 fully saturated rings. The predicted molar refractivity (Wildman–Crippen MR) is 63.4 cm³/mol. The third kappa shape index (κ3) is 2.42. The van der Waals surface area contributed by atoms with Crippen LogP contribution in [0.2, 0.25) is 0 Å². The zero-order valence-corrected chi connectivity index (χ0v) is 10.3. The summed E-state index contributed by atoms with van der Waals surface area (Å²) in [6.45, 7) is 3.51. The van der Waals surface area contributed by atoms with E-state index in [0.717, 1.165) is 17.7 Å². The van der Waals surface area contributed by atoms with Crippen molar-refractivity contribution in [3.63, 3.8) is 0 Å². The van der Waals surface area contributed by atoms with Crippen LogP contribution in [0.15, 0.2) is 24.3 Å². The highest BCUT2D eigenvalue weighted by atomic mass is 16.7. The van der Waals surface area contributed by atoms with Crippen molar-refractivity contribution in [1.82, 2.24) is 5.06 Å². The van der Waals surface area contributed by atoms with Gasteiger partial charge in [-0.05, 0) is 24.6 Å². The Hall–Kier alpha value is -1.55. The molecule has 4 heteroatoms. The van der Waals surface area contributed by atoms with Crippen LogP contribution in [0.3, 0.4) is 0 Å². The number of ether oxygens (including phenoxy) is 1. The molecule has 2 unspecified atom stereocenters. The monoisotopic (exact) mass is 235 g/mol.